The molecule has 100 valence electrons. The summed E-state index contributed by atoms with van der Waals surface area (Å²) in [4.78, 5) is 0. The summed E-state index contributed by atoms with van der Waals surface area (Å²) in [6, 6.07) is 0. The third-order valence-electron chi connectivity index (χ3n) is 6.01. The fourth-order valence-electron chi connectivity index (χ4n) is 4.98. The van der Waals surface area contributed by atoms with Crippen molar-refractivity contribution in [3.63, 3.8) is 0 Å². The molecule has 4 rings (SSSR count). The van der Waals surface area contributed by atoms with Gasteiger partial charge in [0.2, 0.25) is 0 Å². The normalized spacial score (nSPS) is 43.6. The van der Waals surface area contributed by atoms with E-state index in [2.05, 4.69) is 25.2 Å². The Morgan fingerprint density at radius 3 is 3.00 bits per heavy atom. The molecule has 0 aliphatic heterocycles. The van der Waals surface area contributed by atoms with Gasteiger partial charge in [0.25, 0.3) is 0 Å². The van der Waals surface area contributed by atoms with Gasteiger partial charge in [-0.3, -0.25) is 0 Å². The maximum Gasteiger partial charge on any atom is 0.115 e. The van der Waals surface area contributed by atoms with Crippen molar-refractivity contribution in [3.8, 4) is 0 Å². The van der Waals surface area contributed by atoms with Crippen LogP contribution >= 0.6 is 0 Å². The fourth-order valence-corrected chi connectivity index (χ4v) is 4.98. The Kier molecular flexibility index (Phi) is 2.36. The maximum atomic E-state index is 9.65. The average molecular weight is 254 g/mol. The molecule has 4 atom stereocenters. The molecule has 0 saturated heterocycles. The SMILES string of the molecule is C[C@@]12CCC[C@H]1C1=CC=C3C=C(O)C=C[C@@H]3[C@H]1CC2. The standard InChI is InChI=1S/C18H22O/c1-18-9-2-3-17(18)16-6-4-12-11-13(19)5-7-14(12)15(16)8-10-18/h4-7,11,14-15,17,19H,2-3,8-10H2,1H3/t14-,15+,17-,18-/m0/s1. The van der Waals surface area contributed by atoms with Crippen molar-refractivity contribution in [2.24, 2.45) is 23.2 Å². The smallest absolute Gasteiger partial charge is 0.115 e. The molecular formula is C18H22O. The summed E-state index contributed by atoms with van der Waals surface area (Å²) >= 11 is 0. The van der Waals surface area contributed by atoms with E-state index in [9.17, 15) is 5.11 Å². The Labute approximate surface area is 115 Å². The van der Waals surface area contributed by atoms with Gasteiger partial charge in [-0.25, -0.2) is 0 Å². The Morgan fingerprint density at radius 1 is 1.21 bits per heavy atom. The van der Waals surface area contributed by atoms with E-state index in [1.54, 1.807) is 5.57 Å². The van der Waals surface area contributed by atoms with Crippen LogP contribution < -0.4 is 0 Å². The lowest BCUT2D eigenvalue weighted by Gasteiger charge is -2.46. The molecule has 2 fully saturated rings. The van der Waals surface area contributed by atoms with Crippen LogP contribution in [0.4, 0.5) is 0 Å². The van der Waals surface area contributed by atoms with E-state index >= 15 is 0 Å². The fraction of sp³-hybridized carbons (Fsp3) is 0.556. The molecular weight excluding hydrogens is 232 g/mol. The summed E-state index contributed by atoms with van der Waals surface area (Å²) in [5.74, 6) is 2.43. The molecule has 19 heavy (non-hydrogen) atoms. The summed E-state index contributed by atoms with van der Waals surface area (Å²) in [5, 5.41) is 9.65. The molecule has 0 aromatic heterocycles. The first-order valence-electron chi connectivity index (χ1n) is 7.68. The van der Waals surface area contributed by atoms with Gasteiger partial charge in [0, 0.05) is 5.92 Å². The third-order valence-corrected chi connectivity index (χ3v) is 6.01. The van der Waals surface area contributed by atoms with Gasteiger partial charge in [-0.15, -0.1) is 0 Å². The van der Waals surface area contributed by atoms with Crippen LogP contribution in [0, 0.1) is 23.2 Å². The van der Waals surface area contributed by atoms with E-state index in [0.717, 1.165) is 5.92 Å². The van der Waals surface area contributed by atoms with E-state index in [-0.39, 0.29) is 0 Å². The van der Waals surface area contributed by atoms with Gasteiger partial charge in [-0.1, -0.05) is 37.1 Å². The molecule has 0 amide bonds. The summed E-state index contributed by atoms with van der Waals surface area (Å²) in [7, 11) is 0. The highest BCUT2D eigenvalue weighted by Crippen LogP contribution is 2.58. The highest BCUT2D eigenvalue weighted by Gasteiger charge is 2.48. The number of fused-ring (bicyclic) bond motifs is 5. The zero-order chi connectivity index (χ0) is 13.0. The lowest BCUT2D eigenvalue weighted by Crippen LogP contribution is -2.36. The predicted octanol–water partition coefficient (Wildman–Crippen LogP) is 4.70. The molecule has 0 aromatic carbocycles. The van der Waals surface area contributed by atoms with Gasteiger partial charge in [0.05, 0.1) is 0 Å². The molecule has 2 saturated carbocycles. The topological polar surface area (TPSA) is 20.2 Å². The number of hydrogen-bond donors (Lipinski definition) is 1. The molecule has 0 unspecified atom stereocenters. The lowest BCUT2D eigenvalue weighted by molar-refractivity contribution is 0.158. The van der Waals surface area contributed by atoms with Crippen LogP contribution in [0.5, 0.6) is 0 Å². The van der Waals surface area contributed by atoms with Gasteiger partial charge < -0.3 is 5.11 Å². The Bertz CT molecular complexity index is 534. The molecule has 4 aliphatic carbocycles. The minimum atomic E-state index is 0.404. The van der Waals surface area contributed by atoms with Gasteiger partial charge in [-0.05, 0) is 60.7 Å². The van der Waals surface area contributed by atoms with Crippen molar-refractivity contribution in [1.29, 1.82) is 0 Å². The van der Waals surface area contributed by atoms with Gasteiger partial charge in [0.15, 0.2) is 0 Å². The van der Waals surface area contributed by atoms with Crippen molar-refractivity contribution in [1.82, 2.24) is 0 Å². The highest BCUT2D eigenvalue weighted by atomic mass is 16.3. The summed E-state index contributed by atoms with van der Waals surface area (Å²) in [6.45, 7) is 2.50. The molecule has 0 spiro atoms. The average Bonchev–Trinajstić information content (AvgIpc) is 2.79. The first kappa shape index (κ1) is 11.6. The molecule has 0 bridgehead atoms. The number of aliphatic hydroxyl groups excluding tert-OH is 1. The van der Waals surface area contributed by atoms with Crippen molar-refractivity contribution < 1.29 is 5.11 Å². The molecule has 1 N–H and O–H groups in total. The van der Waals surface area contributed by atoms with Crippen LogP contribution in [-0.2, 0) is 0 Å². The van der Waals surface area contributed by atoms with Gasteiger partial charge in [0.1, 0.15) is 5.76 Å². The summed E-state index contributed by atoms with van der Waals surface area (Å²) in [5.41, 5.74) is 3.58. The Balaban J connectivity index is 1.75. The minimum absolute atomic E-state index is 0.404. The van der Waals surface area contributed by atoms with E-state index in [1.165, 1.54) is 37.7 Å². The summed E-state index contributed by atoms with van der Waals surface area (Å²) in [6.07, 6.45) is 17.6. The van der Waals surface area contributed by atoms with Crippen molar-refractivity contribution in [2.45, 2.75) is 39.0 Å². The van der Waals surface area contributed by atoms with E-state index in [1.807, 2.05) is 12.2 Å². The molecule has 0 aromatic rings. The maximum absolute atomic E-state index is 9.65. The van der Waals surface area contributed by atoms with Crippen LogP contribution in [-0.4, -0.2) is 5.11 Å². The second-order valence-corrected chi connectivity index (χ2v) is 7.03. The van der Waals surface area contributed by atoms with E-state index in [4.69, 9.17) is 0 Å². The molecule has 0 heterocycles. The molecule has 0 radical (unpaired) electrons. The first-order valence-corrected chi connectivity index (χ1v) is 7.68. The number of rotatable bonds is 0. The van der Waals surface area contributed by atoms with Crippen molar-refractivity contribution in [2.75, 3.05) is 0 Å². The minimum Gasteiger partial charge on any atom is -0.508 e. The lowest BCUT2D eigenvalue weighted by atomic mass is 9.58. The number of aliphatic hydroxyl groups is 1. The Hall–Kier alpha value is -1.24. The second kappa shape index (κ2) is 3.88. The zero-order valence-corrected chi connectivity index (χ0v) is 11.6. The quantitative estimate of drug-likeness (QED) is 0.664. The van der Waals surface area contributed by atoms with Crippen LogP contribution in [0.3, 0.4) is 0 Å². The van der Waals surface area contributed by atoms with Crippen molar-refractivity contribution in [3.05, 3.63) is 47.3 Å². The van der Waals surface area contributed by atoms with E-state index < -0.39 is 0 Å². The largest absolute Gasteiger partial charge is 0.508 e. The number of hydrogen-bond acceptors (Lipinski definition) is 1. The van der Waals surface area contributed by atoms with Crippen LogP contribution in [0.15, 0.2) is 47.3 Å². The highest BCUT2D eigenvalue weighted by molar-refractivity contribution is 5.45. The first-order chi connectivity index (χ1) is 9.17. The monoisotopic (exact) mass is 254 g/mol. The number of allylic oxidation sites excluding steroid dienone is 7. The molecule has 4 aliphatic rings. The van der Waals surface area contributed by atoms with Crippen molar-refractivity contribution >= 4 is 0 Å². The third kappa shape index (κ3) is 1.60. The zero-order valence-electron chi connectivity index (χ0n) is 11.6. The molecule has 1 heteroatoms. The van der Waals surface area contributed by atoms with Gasteiger partial charge in [-0.2, -0.15) is 0 Å². The van der Waals surface area contributed by atoms with E-state index in [0.29, 0.717) is 23.0 Å². The van der Waals surface area contributed by atoms with Crippen LogP contribution in [0.1, 0.15) is 39.0 Å². The summed E-state index contributed by atoms with van der Waals surface area (Å²) < 4.78 is 0. The van der Waals surface area contributed by atoms with Gasteiger partial charge >= 0.3 is 0 Å². The van der Waals surface area contributed by atoms with Crippen LogP contribution in [0.2, 0.25) is 0 Å². The Morgan fingerprint density at radius 2 is 2.11 bits per heavy atom. The van der Waals surface area contributed by atoms with Crippen LogP contribution in [0.25, 0.3) is 0 Å². The molecule has 1 nitrogen and oxygen atoms in total. The predicted molar refractivity (Wildman–Crippen MR) is 77.7 cm³/mol. The second-order valence-electron chi connectivity index (χ2n) is 7.03.